The molecular weight excluding hydrogens is 262 g/mol. The molecule has 0 aromatic heterocycles. The van der Waals surface area contributed by atoms with Crippen molar-refractivity contribution in [2.75, 3.05) is 11.9 Å². The molecule has 3 heteroatoms. The van der Waals surface area contributed by atoms with Crippen LogP contribution in [0.4, 0.5) is 5.69 Å². The molecule has 0 radical (unpaired) electrons. The number of carboxylic acid groups (broad SMARTS) is 1. The van der Waals surface area contributed by atoms with Crippen molar-refractivity contribution >= 4 is 11.7 Å². The summed E-state index contributed by atoms with van der Waals surface area (Å²) in [6.07, 6.45) is 1.04. The van der Waals surface area contributed by atoms with Crippen molar-refractivity contribution in [1.29, 1.82) is 0 Å². The van der Waals surface area contributed by atoms with Gasteiger partial charge in [-0.3, -0.25) is 0 Å². The van der Waals surface area contributed by atoms with Crippen molar-refractivity contribution in [3.05, 3.63) is 64.7 Å². The van der Waals surface area contributed by atoms with E-state index in [-0.39, 0.29) is 0 Å². The molecule has 0 saturated heterocycles. The Hall–Kier alpha value is -2.29. The molecule has 0 spiro atoms. The lowest BCUT2D eigenvalue weighted by atomic mass is 10.0. The van der Waals surface area contributed by atoms with Crippen molar-refractivity contribution in [2.45, 2.75) is 26.8 Å². The van der Waals surface area contributed by atoms with Gasteiger partial charge in [-0.05, 0) is 54.3 Å². The zero-order valence-electron chi connectivity index (χ0n) is 12.8. The SMILES string of the molecule is CCc1ccc(N(C)Cc2ccc(C(=O)O)cc2C)cc1. The first kappa shape index (κ1) is 15.1. The molecule has 0 bridgehead atoms. The third kappa shape index (κ3) is 3.63. The summed E-state index contributed by atoms with van der Waals surface area (Å²) in [5.74, 6) is -0.881. The summed E-state index contributed by atoms with van der Waals surface area (Å²) in [6.45, 7) is 4.86. The third-order valence-corrected chi connectivity index (χ3v) is 3.78. The first-order chi connectivity index (χ1) is 10.0. The number of aromatic carboxylic acids is 1. The normalized spacial score (nSPS) is 10.4. The fourth-order valence-electron chi connectivity index (χ4n) is 2.34. The molecule has 1 N–H and O–H groups in total. The molecule has 2 aromatic carbocycles. The number of aryl methyl sites for hydroxylation is 2. The zero-order chi connectivity index (χ0) is 15.4. The highest BCUT2D eigenvalue weighted by Crippen LogP contribution is 2.19. The predicted molar refractivity (Wildman–Crippen MR) is 86.1 cm³/mol. The molecule has 0 saturated carbocycles. The minimum absolute atomic E-state index is 0.339. The number of benzene rings is 2. The van der Waals surface area contributed by atoms with Crippen LogP contribution in [-0.4, -0.2) is 18.1 Å². The number of hydrogen-bond acceptors (Lipinski definition) is 2. The van der Waals surface area contributed by atoms with E-state index in [1.165, 1.54) is 5.56 Å². The Balaban J connectivity index is 2.14. The van der Waals surface area contributed by atoms with Gasteiger partial charge in [0.15, 0.2) is 0 Å². The smallest absolute Gasteiger partial charge is 0.335 e. The van der Waals surface area contributed by atoms with E-state index in [4.69, 9.17) is 5.11 Å². The van der Waals surface area contributed by atoms with Crippen LogP contribution >= 0.6 is 0 Å². The van der Waals surface area contributed by atoms with E-state index < -0.39 is 5.97 Å². The number of nitrogens with zero attached hydrogens (tertiary/aromatic N) is 1. The van der Waals surface area contributed by atoms with Crippen molar-refractivity contribution < 1.29 is 9.90 Å². The highest BCUT2D eigenvalue weighted by molar-refractivity contribution is 5.87. The van der Waals surface area contributed by atoms with Gasteiger partial charge in [0.1, 0.15) is 0 Å². The van der Waals surface area contributed by atoms with Crippen LogP contribution < -0.4 is 4.90 Å². The minimum atomic E-state index is -0.881. The standard InChI is InChI=1S/C18H21NO2/c1-4-14-5-9-17(10-6-14)19(3)12-16-8-7-15(18(20)21)11-13(16)2/h5-11H,4,12H2,1-3H3,(H,20,21). The lowest BCUT2D eigenvalue weighted by Gasteiger charge is -2.21. The zero-order valence-corrected chi connectivity index (χ0v) is 12.8. The van der Waals surface area contributed by atoms with Gasteiger partial charge < -0.3 is 10.0 Å². The van der Waals surface area contributed by atoms with E-state index in [2.05, 4.69) is 36.1 Å². The fraction of sp³-hybridized carbons (Fsp3) is 0.278. The van der Waals surface area contributed by atoms with Gasteiger partial charge in [-0.2, -0.15) is 0 Å². The van der Waals surface area contributed by atoms with Gasteiger partial charge in [0.05, 0.1) is 5.56 Å². The Kier molecular flexibility index (Phi) is 4.63. The molecule has 3 nitrogen and oxygen atoms in total. The van der Waals surface area contributed by atoms with Gasteiger partial charge in [-0.25, -0.2) is 4.79 Å². The van der Waals surface area contributed by atoms with Crippen LogP contribution in [0.3, 0.4) is 0 Å². The van der Waals surface area contributed by atoms with Gasteiger partial charge in [0, 0.05) is 19.3 Å². The molecular formula is C18H21NO2. The monoisotopic (exact) mass is 283 g/mol. The first-order valence-electron chi connectivity index (χ1n) is 7.14. The molecule has 2 rings (SSSR count). The summed E-state index contributed by atoms with van der Waals surface area (Å²) >= 11 is 0. The lowest BCUT2D eigenvalue weighted by molar-refractivity contribution is 0.0697. The van der Waals surface area contributed by atoms with E-state index in [9.17, 15) is 4.79 Å². The van der Waals surface area contributed by atoms with Gasteiger partial charge >= 0.3 is 5.97 Å². The van der Waals surface area contributed by atoms with Crippen LogP contribution in [0.25, 0.3) is 0 Å². The molecule has 0 unspecified atom stereocenters. The molecule has 0 fully saturated rings. The molecule has 0 atom stereocenters. The molecule has 0 aliphatic rings. The van der Waals surface area contributed by atoms with Gasteiger partial charge in [-0.1, -0.05) is 25.1 Å². The van der Waals surface area contributed by atoms with Gasteiger partial charge in [0.25, 0.3) is 0 Å². The maximum Gasteiger partial charge on any atom is 0.335 e. The minimum Gasteiger partial charge on any atom is -0.478 e. The lowest BCUT2D eigenvalue weighted by Crippen LogP contribution is -2.17. The van der Waals surface area contributed by atoms with Crippen LogP contribution in [0.15, 0.2) is 42.5 Å². The second kappa shape index (κ2) is 6.44. The summed E-state index contributed by atoms with van der Waals surface area (Å²) < 4.78 is 0. The van der Waals surface area contributed by atoms with Crippen LogP contribution in [-0.2, 0) is 13.0 Å². The number of carboxylic acids is 1. The summed E-state index contributed by atoms with van der Waals surface area (Å²) in [7, 11) is 2.05. The molecule has 0 amide bonds. The first-order valence-corrected chi connectivity index (χ1v) is 7.14. The Morgan fingerprint density at radius 1 is 1.14 bits per heavy atom. The van der Waals surface area contributed by atoms with Crippen molar-refractivity contribution in [3.8, 4) is 0 Å². The van der Waals surface area contributed by atoms with Crippen molar-refractivity contribution in [1.82, 2.24) is 0 Å². The van der Waals surface area contributed by atoms with Crippen molar-refractivity contribution in [2.24, 2.45) is 0 Å². The number of rotatable bonds is 5. The van der Waals surface area contributed by atoms with Crippen LogP contribution in [0.1, 0.15) is 34.0 Å². The number of hydrogen-bond donors (Lipinski definition) is 1. The molecule has 0 aliphatic heterocycles. The molecule has 0 heterocycles. The second-order valence-corrected chi connectivity index (χ2v) is 5.32. The van der Waals surface area contributed by atoms with Crippen LogP contribution in [0, 0.1) is 6.92 Å². The van der Waals surface area contributed by atoms with Crippen LogP contribution in [0.2, 0.25) is 0 Å². The molecule has 0 aliphatic carbocycles. The Labute approximate surface area is 125 Å². The quantitative estimate of drug-likeness (QED) is 0.905. The highest BCUT2D eigenvalue weighted by atomic mass is 16.4. The van der Waals surface area contributed by atoms with E-state index in [1.807, 2.05) is 20.0 Å². The predicted octanol–water partition coefficient (Wildman–Crippen LogP) is 3.89. The average molecular weight is 283 g/mol. The van der Waals surface area contributed by atoms with E-state index in [0.717, 1.165) is 29.8 Å². The second-order valence-electron chi connectivity index (χ2n) is 5.32. The Bertz CT molecular complexity index is 632. The Morgan fingerprint density at radius 3 is 2.33 bits per heavy atom. The highest BCUT2D eigenvalue weighted by Gasteiger charge is 2.08. The largest absolute Gasteiger partial charge is 0.478 e. The van der Waals surface area contributed by atoms with Gasteiger partial charge in [0.2, 0.25) is 0 Å². The molecule has 110 valence electrons. The summed E-state index contributed by atoms with van der Waals surface area (Å²) in [5.41, 5.74) is 4.98. The third-order valence-electron chi connectivity index (χ3n) is 3.78. The summed E-state index contributed by atoms with van der Waals surface area (Å²) in [4.78, 5) is 13.1. The fourth-order valence-corrected chi connectivity index (χ4v) is 2.34. The Morgan fingerprint density at radius 2 is 1.81 bits per heavy atom. The average Bonchev–Trinajstić information content (AvgIpc) is 2.49. The summed E-state index contributed by atoms with van der Waals surface area (Å²) in [5, 5.41) is 9.00. The number of carbonyl (C=O) groups is 1. The van der Waals surface area contributed by atoms with Gasteiger partial charge in [-0.15, -0.1) is 0 Å². The topological polar surface area (TPSA) is 40.5 Å². The summed E-state index contributed by atoms with van der Waals surface area (Å²) in [6, 6.07) is 13.8. The molecule has 21 heavy (non-hydrogen) atoms. The maximum absolute atomic E-state index is 11.0. The van der Waals surface area contributed by atoms with E-state index in [0.29, 0.717) is 5.56 Å². The molecule has 2 aromatic rings. The van der Waals surface area contributed by atoms with Crippen LogP contribution in [0.5, 0.6) is 0 Å². The number of anilines is 1. The van der Waals surface area contributed by atoms with E-state index >= 15 is 0 Å². The maximum atomic E-state index is 11.0. The van der Waals surface area contributed by atoms with Crippen molar-refractivity contribution in [3.63, 3.8) is 0 Å². The van der Waals surface area contributed by atoms with E-state index in [1.54, 1.807) is 12.1 Å².